The van der Waals surface area contributed by atoms with Crippen LogP contribution in [0.25, 0.3) is 11.1 Å². The van der Waals surface area contributed by atoms with Gasteiger partial charge < -0.3 is 15.4 Å². The van der Waals surface area contributed by atoms with Crippen molar-refractivity contribution in [3.05, 3.63) is 98.8 Å². The molecule has 0 radical (unpaired) electrons. The van der Waals surface area contributed by atoms with E-state index in [0.29, 0.717) is 32.4 Å². The van der Waals surface area contributed by atoms with Crippen LogP contribution in [0.4, 0.5) is 10.7 Å². The maximum atomic E-state index is 12.8. The van der Waals surface area contributed by atoms with Crippen molar-refractivity contribution in [1.82, 2.24) is 0 Å². The summed E-state index contributed by atoms with van der Waals surface area (Å²) in [7, 11) is 1.31. The minimum atomic E-state index is -0.519. The van der Waals surface area contributed by atoms with Gasteiger partial charge in [0.25, 0.3) is 5.91 Å². The summed E-state index contributed by atoms with van der Waals surface area (Å²) >= 11 is 14.6. The number of amides is 2. The molecule has 38 heavy (non-hydrogen) atoms. The van der Waals surface area contributed by atoms with Crippen LogP contribution in [0.5, 0.6) is 0 Å². The van der Waals surface area contributed by atoms with Crippen molar-refractivity contribution in [3.8, 4) is 11.1 Å². The number of methoxy groups -OCH3 is 1. The Morgan fingerprint density at radius 2 is 1.74 bits per heavy atom. The first kappa shape index (κ1) is 27.7. The van der Waals surface area contributed by atoms with E-state index in [4.69, 9.17) is 27.9 Å². The average Bonchev–Trinajstić information content (AvgIpc) is 3.31. The third-order valence-corrected chi connectivity index (χ3v) is 7.87. The smallest absolute Gasteiger partial charge is 0.341 e. The number of benzene rings is 3. The molecule has 0 spiro atoms. The molecule has 0 bridgehead atoms. The Morgan fingerprint density at radius 1 is 0.974 bits per heavy atom. The number of nitrogens with one attached hydrogen (secondary N) is 2. The fraction of sp³-hybridized carbons (Fsp3) is 0.107. The van der Waals surface area contributed by atoms with Crippen LogP contribution in [-0.2, 0) is 9.53 Å². The highest BCUT2D eigenvalue weighted by atomic mass is 35.5. The van der Waals surface area contributed by atoms with Crippen molar-refractivity contribution in [2.75, 3.05) is 23.5 Å². The van der Waals surface area contributed by atoms with E-state index in [1.54, 1.807) is 30.3 Å². The number of carbonyl (C=O) groups is 3. The molecule has 0 atom stereocenters. The Hall–Kier alpha value is -3.30. The number of esters is 1. The quantitative estimate of drug-likeness (QED) is 0.163. The molecule has 1 heterocycles. The first-order valence-electron chi connectivity index (χ1n) is 11.3. The largest absolute Gasteiger partial charge is 0.465 e. The van der Waals surface area contributed by atoms with E-state index in [9.17, 15) is 14.4 Å². The zero-order valence-electron chi connectivity index (χ0n) is 20.3. The van der Waals surface area contributed by atoms with E-state index < -0.39 is 5.97 Å². The Bertz CT molecular complexity index is 1500. The Kier molecular flexibility index (Phi) is 9.12. The van der Waals surface area contributed by atoms with Gasteiger partial charge in [-0.3, -0.25) is 9.59 Å². The summed E-state index contributed by atoms with van der Waals surface area (Å²) in [6.45, 7) is 1.99. The average molecular weight is 586 g/mol. The van der Waals surface area contributed by atoms with Crippen molar-refractivity contribution in [3.63, 3.8) is 0 Å². The van der Waals surface area contributed by atoms with Crippen LogP contribution in [0.15, 0.2) is 77.0 Å². The lowest BCUT2D eigenvalue weighted by molar-refractivity contribution is -0.113. The van der Waals surface area contributed by atoms with Crippen molar-refractivity contribution in [2.24, 2.45) is 0 Å². The second kappa shape index (κ2) is 12.5. The minimum absolute atomic E-state index is 0.0960. The lowest BCUT2D eigenvalue weighted by Gasteiger charge is -2.10. The highest BCUT2D eigenvalue weighted by Gasteiger charge is 2.22. The van der Waals surface area contributed by atoms with Crippen LogP contribution in [-0.4, -0.2) is 30.6 Å². The third kappa shape index (κ3) is 6.76. The normalized spacial score (nSPS) is 10.6. The summed E-state index contributed by atoms with van der Waals surface area (Å²) in [5.74, 6) is -1.07. The maximum absolute atomic E-state index is 12.8. The minimum Gasteiger partial charge on any atom is -0.465 e. The topological polar surface area (TPSA) is 84.5 Å². The highest BCUT2D eigenvalue weighted by Crippen LogP contribution is 2.36. The molecule has 10 heteroatoms. The fourth-order valence-corrected chi connectivity index (χ4v) is 5.77. The summed E-state index contributed by atoms with van der Waals surface area (Å²) < 4.78 is 4.98. The van der Waals surface area contributed by atoms with Gasteiger partial charge in [0, 0.05) is 26.5 Å². The van der Waals surface area contributed by atoms with Gasteiger partial charge in [-0.1, -0.05) is 59.1 Å². The number of carbonyl (C=O) groups excluding carboxylic acids is 3. The molecule has 2 N–H and O–H groups in total. The molecular formula is C28H22Cl2N2O4S2. The standard InChI is InChI=1S/C28H22Cl2N2O4S2/c1-16-6-8-17(9-7-16)22-14-38-27(25(22)28(35)36-2)32-24(33)15-37-20-5-3-4-19(13-20)31-26(34)21-11-10-18(29)12-23(21)30/h3-14H,15H2,1-2H3,(H,31,34)(H,32,33). The van der Waals surface area contributed by atoms with Gasteiger partial charge in [0.05, 0.1) is 23.4 Å². The molecule has 0 fully saturated rings. The number of hydrogen-bond acceptors (Lipinski definition) is 6. The first-order valence-corrected chi connectivity index (χ1v) is 13.9. The fourth-order valence-electron chi connectivity index (χ4n) is 3.55. The monoisotopic (exact) mass is 584 g/mol. The van der Waals surface area contributed by atoms with Gasteiger partial charge >= 0.3 is 5.97 Å². The number of hydrogen-bond donors (Lipinski definition) is 2. The van der Waals surface area contributed by atoms with E-state index in [2.05, 4.69) is 10.6 Å². The van der Waals surface area contributed by atoms with E-state index >= 15 is 0 Å². The number of thioether (sulfide) groups is 1. The molecule has 3 aromatic carbocycles. The van der Waals surface area contributed by atoms with Gasteiger partial charge in [0.2, 0.25) is 5.91 Å². The molecule has 0 aliphatic carbocycles. The van der Waals surface area contributed by atoms with E-state index in [1.807, 2.05) is 42.6 Å². The SMILES string of the molecule is COC(=O)c1c(-c2ccc(C)cc2)csc1NC(=O)CSc1cccc(NC(=O)c2ccc(Cl)cc2Cl)c1. The van der Waals surface area contributed by atoms with Crippen LogP contribution in [0.3, 0.4) is 0 Å². The molecule has 2 amide bonds. The number of ether oxygens (including phenoxy) is 1. The van der Waals surface area contributed by atoms with E-state index in [0.717, 1.165) is 16.0 Å². The van der Waals surface area contributed by atoms with E-state index in [-0.39, 0.29) is 22.6 Å². The summed E-state index contributed by atoms with van der Waals surface area (Å²) in [6.07, 6.45) is 0. The molecule has 194 valence electrons. The van der Waals surface area contributed by atoms with Crippen molar-refractivity contribution in [2.45, 2.75) is 11.8 Å². The molecular weight excluding hydrogens is 563 g/mol. The molecule has 1 aromatic heterocycles. The second-order valence-corrected chi connectivity index (χ2v) is 10.9. The molecule has 0 aliphatic rings. The Balaban J connectivity index is 1.42. The van der Waals surface area contributed by atoms with Crippen molar-refractivity contribution < 1.29 is 19.1 Å². The van der Waals surface area contributed by atoms with Gasteiger partial charge in [-0.2, -0.15) is 0 Å². The summed E-state index contributed by atoms with van der Waals surface area (Å²) in [4.78, 5) is 38.7. The Morgan fingerprint density at radius 3 is 2.45 bits per heavy atom. The lowest BCUT2D eigenvalue weighted by Crippen LogP contribution is -2.16. The highest BCUT2D eigenvalue weighted by molar-refractivity contribution is 8.00. The first-order chi connectivity index (χ1) is 18.2. The molecule has 0 saturated heterocycles. The lowest BCUT2D eigenvalue weighted by atomic mass is 10.0. The summed E-state index contributed by atoms with van der Waals surface area (Å²) in [6, 6.07) is 19.6. The molecule has 0 saturated carbocycles. The second-order valence-electron chi connectivity index (χ2n) is 8.15. The van der Waals surface area contributed by atoms with Gasteiger partial charge in [0.15, 0.2) is 0 Å². The van der Waals surface area contributed by atoms with Crippen molar-refractivity contribution >= 4 is 74.8 Å². The van der Waals surface area contributed by atoms with Crippen LogP contribution < -0.4 is 10.6 Å². The number of rotatable bonds is 8. The predicted octanol–water partition coefficient (Wildman–Crippen LogP) is 7.80. The number of thiophene rings is 1. The summed E-state index contributed by atoms with van der Waals surface area (Å²) in [5.41, 5.74) is 3.85. The van der Waals surface area contributed by atoms with Crippen LogP contribution in [0.1, 0.15) is 26.3 Å². The zero-order chi connectivity index (χ0) is 27.2. The maximum Gasteiger partial charge on any atom is 0.341 e. The third-order valence-electron chi connectivity index (χ3n) is 5.43. The molecule has 6 nitrogen and oxygen atoms in total. The predicted molar refractivity (Wildman–Crippen MR) is 156 cm³/mol. The van der Waals surface area contributed by atoms with E-state index in [1.165, 1.54) is 36.3 Å². The molecule has 4 aromatic rings. The Labute approximate surface area is 238 Å². The number of aryl methyl sites for hydroxylation is 1. The van der Waals surface area contributed by atoms with Gasteiger partial charge in [-0.15, -0.1) is 23.1 Å². The number of anilines is 2. The summed E-state index contributed by atoms with van der Waals surface area (Å²) in [5, 5.41) is 8.60. The van der Waals surface area contributed by atoms with Crippen molar-refractivity contribution in [1.29, 1.82) is 0 Å². The van der Waals surface area contributed by atoms with Crippen LogP contribution in [0.2, 0.25) is 10.0 Å². The zero-order valence-corrected chi connectivity index (χ0v) is 23.5. The van der Waals surface area contributed by atoms with Crippen LogP contribution in [0, 0.1) is 6.92 Å². The van der Waals surface area contributed by atoms with Gasteiger partial charge in [-0.05, 0) is 48.9 Å². The van der Waals surface area contributed by atoms with Gasteiger partial charge in [0.1, 0.15) is 10.6 Å². The number of halogens is 2. The van der Waals surface area contributed by atoms with Gasteiger partial charge in [-0.25, -0.2) is 4.79 Å². The molecule has 0 unspecified atom stereocenters. The molecule has 0 aliphatic heterocycles. The molecule has 4 rings (SSSR count). The van der Waals surface area contributed by atoms with Crippen LogP contribution >= 0.6 is 46.3 Å².